The van der Waals surface area contributed by atoms with Crippen molar-refractivity contribution in [3.8, 4) is 0 Å². The Kier molecular flexibility index (Phi) is 7.87. The van der Waals surface area contributed by atoms with Crippen LogP contribution in [0, 0.1) is 0 Å². The zero-order valence-electron chi connectivity index (χ0n) is 11.8. The van der Waals surface area contributed by atoms with Crippen molar-refractivity contribution in [3.05, 3.63) is 0 Å². The first-order chi connectivity index (χ1) is 8.33. The Bertz CT molecular complexity index is 174. The minimum absolute atomic E-state index is 0.241. The Hall–Kier alpha value is -0.0800. The van der Waals surface area contributed by atoms with Gasteiger partial charge in [-0.25, -0.2) is 0 Å². The maximum Gasteiger partial charge on any atom is 0.0678 e. The molecule has 0 radical (unpaired) electrons. The molecule has 102 valence electrons. The van der Waals surface area contributed by atoms with Gasteiger partial charge in [-0.05, 0) is 25.7 Å². The first-order valence-electron chi connectivity index (χ1n) is 7.37. The molecule has 0 unspecified atom stereocenters. The summed E-state index contributed by atoms with van der Waals surface area (Å²) >= 11 is 0. The third-order valence-corrected chi connectivity index (χ3v) is 4.18. The van der Waals surface area contributed by atoms with Crippen LogP contribution in [0.5, 0.6) is 0 Å². The molecule has 1 aliphatic rings. The van der Waals surface area contributed by atoms with Gasteiger partial charge in [0.2, 0.25) is 0 Å². The highest BCUT2D eigenvalue weighted by molar-refractivity contribution is 4.83. The van der Waals surface area contributed by atoms with Crippen molar-refractivity contribution in [2.75, 3.05) is 20.8 Å². The topological polar surface area (TPSA) is 18.5 Å². The van der Waals surface area contributed by atoms with Gasteiger partial charge in [-0.1, -0.05) is 44.9 Å². The van der Waals surface area contributed by atoms with Crippen LogP contribution in [-0.4, -0.2) is 26.4 Å². The molecule has 0 aromatic heterocycles. The van der Waals surface area contributed by atoms with Gasteiger partial charge in [-0.2, -0.15) is 0 Å². The molecule has 2 heteroatoms. The molecule has 17 heavy (non-hydrogen) atoms. The summed E-state index contributed by atoms with van der Waals surface area (Å²) in [6.45, 7) is 0.919. The van der Waals surface area contributed by atoms with E-state index in [1.807, 2.05) is 7.11 Å². The van der Waals surface area contributed by atoms with E-state index in [0.717, 1.165) is 6.61 Å². The SMILES string of the molecule is COCCCCCCCC1(OC)CCCCC1. The van der Waals surface area contributed by atoms with E-state index in [9.17, 15) is 0 Å². The van der Waals surface area contributed by atoms with E-state index in [2.05, 4.69) is 0 Å². The normalized spacial score (nSPS) is 19.4. The van der Waals surface area contributed by atoms with Gasteiger partial charge in [-0.15, -0.1) is 0 Å². The van der Waals surface area contributed by atoms with Crippen LogP contribution in [0.15, 0.2) is 0 Å². The minimum Gasteiger partial charge on any atom is -0.385 e. The van der Waals surface area contributed by atoms with E-state index in [-0.39, 0.29) is 5.60 Å². The van der Waals surface area contributed by atoms with Crippen LogP contribution in [0.2, 0.25) is 0 Å². The van der Waals surface area contributed by atoms with Crippen molar-refractivity contribution < 1.29 is 9.47 Å². The van der Waals surface area contributed by atoms with Crippen molar-refractivity contribution >= 4 is 0 Å². The van der Waals surface area contributed by atoms with Gasteiger partial charge < -0.3 is 9.47 Å². The molecule has 1 saturated carbocycles. The summed E-state index contributed by atoms with van der Waals surface area (Å²) in [7, 11) is 3.69. The predicted octanol–water partition coefficient (Wildman–Crippen LogP) is 4.32. The van der Waals surface area contributed by atoms with Crippen molar-refractivity contribution in [1.82, 2.24) is 0 Å². The molecule has 0 atom stereocenters. The number of hydrogen-bond acceptors (Lipinski definition) is 2. The van der Waals surface area contributed by atoms with Gasteiger partial charge in [0.15, 0.2) is 0 Å². The summed E-state index contributed by atoms with van der Waals surface area (Å²) in [4.78, 5) is 0. The molecule has 1 rings (SSSR count). The molecule has 0 aliphatic heterocycles. The van der Waals surface area contributed by atoms with Gasteiger partial charge in [-0.3, -0.25) is 0 Å². The third kappa shape index (κ3) is 5.87. The van der Waals surface area contributed by atoms with Crippen molar-refractivity contribution in [2.45, 2.75) is 76.2 Å². The van der Waals surface area contributed by atoms with Crippen molar-refractivity contribution in [3.63, 3.8) is 0 Å². The van der Waals surface area contributed by atoms with E-state index in [4.69, 9.17) is 9.47 Å². The van der Waals surface area contributed by atoms with E-state index < -0.39 is 0 Å². The molecular formula is C15H30O2. The van der Waals surface area contributed by atoms with Gasteiger partial charge in [0.25, 0.3) is 0 Å². The minimum atomic E-state index is 0.241. The summed E-state index contributed by atoms with van der Waals surface area (Å²) in [5.41, 5.74) is 0.241. The molecule has 2 nitrogen and oxygen atoms in total. The summed E-state index contributed by atoms with van der Waals surface area (Å²) in [6.07, 6.45) is 14.5. The fourth-order valence-corrected chi connectivity index (χ4v) is 2.98. The summed E-state index contributed by atoms with van der Waals surface area (Å²) < 4.78 is 10.9. The third-order valence-electron chi connectivity index (χ3n) is 4.18. The molecule has 0 N–H and O–H groups in total. The standard InChI is InChI=1S/C15H30O2/c1-16-14-10-5-3-4-7-11-15(17-2)12-8-6-9-13-15/h3-14H2,1-2H3. The lowest BCUT2D eigenvalue weighted by Crippen LogP contribution is -2.33. The predicted molar refractivity (Wildman–Crippen MR) is 72.4 cm³/mol. The highest BCUT2D eigenvalue weighted by Gasteiger charge is 2.30. The highest BCUT2D eigenvalue weighted by Crippen LogP contribution is 2.35. The lowest BCUT2D eigenvalue weighted by Gasteiger charge is -2.36. The van der Waals surface area contributed by atoms with E-state index in [0.29, 0.717) is 0 Å². The molecule has 0 heterocycles. The monoisotopic (exact) mass is 242 g/mol. The van der Waals surface area contributed by atoms with Crippen LogP contribution in [0.1, 0.15) is 70.6 Å². The Morgan fingerprint density at radius 3 is 2.12 bits per heavy atom. The maximum atomic E-state index is 5.80. The molecule has 0 spiro atoms. The number of ether oxygens (including phenoxy) is 2. The Morgan fingerprint density at radius 1 is 0.824 bits per heavy atom. The van der Waals surface area contributed by atoms with E-state index in [1.54, 1.807) is 7.11 Å². The van der Waals surface area contributed by atoms with Crippen LogP contribution in [-0.2, 0) is 9.47 Å². The lowest BCUT2D eigenvalue weighted by molar-refractivity contribution is -0.0471. The Morgan fingerprint density at radius 2 is 1.47 bits per heavy atom. The van der Waals surface area contributed by atoms with Crippen LogP contribution >= 0.6 is 0 Å². The Labute approximate surface area is 107 Å². The number of hydrogen-bond donors (Lipinski definition) is 0. The van der Waals surface area contributed by atoms with Gasteiger partial charge >= 0.3 is 0 Å². The summed E-state index contributed by atoms with van der Waals surface area (Å²) in [5, 5.41) is 0. The molecule has 0 aromatic carbocycles. The van der Waals surface area contributed by atoms with Gasteiger partial charge in [0, 0.05) is 20.8 Å². The molecular weight excluding hydrogens is 212 g/mol. The molecule has 1 aliphatic carbocycles. The second kappa shape index (κ2) is 8.93. The van der Waals surface area contributed by atoms with Crippen LogP contribution < -0.4 is 0 Å². The number of methoxy groups -OCH3 is 2. The maximum absolute atomic E-state index is 5.80. The molecule has 1 fully saturated rings. The first kappa shape index (κ1) is 15.0. The van der Waals surface area contributed by atoms with Crippen molar-refractivity contribution in [1.29, 1.82) is 0 Å². The quantitative estimate of drug-likeness (QED) is 0.560. The van der Waals surface area contributed by atoms with Crippen LogP contribution in [0.3, 0.4) is 0 Å². The smallest absolute Gasteiger partial charge is 0.0678 e. The van der Waals surface area contributed by atoms with E-state index in [1.165, 1.54) is 70.6 Å². The fraction of sp³-hybridized carbons (Fsp3) is 1.00. The second-order valence-corrected chi connectivity index (χ2v) is 5.46. The Balaban J connectivity index is 2.03. The van der Waals surface area contributed by atoms with Crippen LogP contribution in [0.25, 0.3) is 0 Å². The average molecular weight is 242 g/mol. The zero-order valence-corrected chi connectivity index (χ0v) is 11.8. The largest absolute Gasteiger partial charge is 0.385 e. The lowest BCUT2D eigenvalue weighted by atomic mass is 9.81. The van der Waals surface area contributed by atoms with E-state index >= 15 is 0 Å². The highest BCUT2D eigenvalue weighted by atomic mass is 16.5. The fourth-order valence-electron chi connectivity index (χ4n) is 2.98. The summed E-state index contributed by atoms with van der Waals surface area (Å²) in [6, 6.07) is 0. The molecule has 0 saturated heterocycles. The first-order valence-corrected chi connectivity index (χ1v) is 7.37. The molecule has 0 bridgehead atoms. The van der Waals surface area contributed by atoms with Gasteiger partial charge in [0.1, 0.15) is 0 Å². The number of rotatable bonds is 9. The van der Waals surface area contributed by atoms with Crippen LogP contribution in [0.4, 0.5) is 0 Å². The summed E-state index contributed by atoms with van der Waals surface area (Å²) in [5.74, 6) is 0. The molecule has 0 amide bonds. The zero-order chi connectivity index (χ0) is 12.4. The average Bonchev–Trinajstić information content (AvgIpc) is 2.39. The van der Waals surface area contributed by atoms with Crippen molar-refractivity contribution in [2.24, 2.45) is 0 Å². The number of unbranched alkanes of at least 4 members (excludes halogenated alkanes) is 4. The molecule has 0 aromatic rings. The second-order valence-electron chi connectivity index (χ2n) is 5.46. The van der Waals surface area contributed by atoms with Gasteiger partial charge in [0.05, 0.1) is 5.60 Å².